The number of fused-ring (bicyclic) bond motifs is 5. The van der Waals surface area contributed by atoms with E-state index in [1.165, 1.54) is 46.0 Å². The minimum Gasteiger partial charge on any atom is -0.378 e. The van der Waals surface area contributed by atoms with Crippen LogP contribution in [0, 0.1) is 5.82 Å². The predicted molar refractivity (Wildman–Crippen MR) is 149 cm³/mol. The lowest BCUT2D eigenvalue weighted by Crippen LogP contribution is -2.38. The van der Waals surface area contributed by atoms with Gasteiger partial charge in [0, 0.05) is 42.1 Å². The molecule has 0 saturated heterocycles. The molecule has 2 aromatic heterocycles. The zero-order valence-electron chi connectivity index (χ0n) is 20.8. The molecule has 1 aliphatic heterocycles. The van der Waals surface area contributed by atoms with Crippen molar-refractivity contribution in [3.8, 4) is 5.00 Å². The molecule has 0 radical (unpaired) electrons. The smallest absolute Gasteiger partial charge is 0.322 e. The van der Waals surface area contributed by atoms with Gasteiger partial charge < -0.3 is 19.7 Å². The van der Waals surface area contributed by atoms with Crippen LogP contribution >= 0.6 is 22.9 Å². The summed E-state index contributed by atoms with van der Waals surface area (Å²) in [4.78, 5) is 19.4. The van der Waals surface area contributed by atoms with E-state index in [1.807, 2.05) is 30.3 Å². The first kappa shape index (κ1) is 24.1. The van der Waals surface area contributed by atoms with Gasteiger partial charge >= 0.3 is 6.03 Å². The van der Waals surface area contributed by atoms with E-state index in [-0.39, 0.29) is 17.1 Å². The van der Waals surface area contributed by atoms with Crippen molar-refractivity contribution in [2.45, 2.75) is 38.3 Å². The second-order valence-corrected chi connectivity index (χ2v) is 11.4. The van der Waals surface area contributed by atoms with Gasteiger partial charge in [0.2, 0.25) is 0 Å². The van der Waals surface area contributed by atoms with Crippen LogP contribution < -0.4 is 10.2 Å². The number of urea groups is 1. The van der Waals surface area contributed by atoms with Crippen molar-refractivity contribution in [1.82, 2.24) is 9.47 Å². The third kappa shape index (κ3) is 4.30. The molecule has 190 valence electrons. The van der Waals surface area contributed by atoms with Gasteiger partial charge in [-0.05, 0) is 79.3 Å². The summed E-state index contributed by atoms with van der Waals surface area (Å²) in [6.45, 7) is 0.490. The van der Waals surface area contributed by atoms with E-state index in [1.54, 1.807) is 6.07 Å². The van der Waals surface area contributed by atoms with Crippen LogP contribution in [0.5, 0.6) is 0 Å². The van der Waals surface area contributed by atoms with Crippen molar-refractivity contribution in [3.63, 3.8) is 0 Å². The number of anilines is 2. The summed E-state index contributed by atoms with van der Waals surface area (Å²) in [7, 11) is 4.03. The van der Waals surface area contributed by atoms with Crippen LogP contribution in [0.25, 0.3) is 5.00 Å². The summed E-state index contributed by atoms with van der Waals surface area (Å²) in [5.41, 5.74) is 6.27. The largest absolute Gasteiger partial charge is 0.378 e. The molecule has 0 fully saturated rings. The molecule has 1 unspecified atom stereocenters. The van der Waals surface area contributed by atoms with E-state index in [0.29, 0.717) is 12.2 Å². The van der Waals surface area contributed by atoms with Crippen molar-refractivity contribution < 1.29 is 9.18 Å². The van der Waals surface area contributed by atoms with Gasteiger partial charge in [-0.25, -0.2) is 9.18 Å². The standard InChI is InChI=1S/C29H28ClFN4OS/c1-33(2)20-12-9-18(10-13-20)27-25-7-5-15-34(25)28-22(21-6-3-4-8-26(21)37-28)17-35(27)29(36)32-19-11-14-24(31)23(30)16-19/h5,7,9-16,27H,3-4,6,8,17H2,1-2H3,(H,32,36). The van der Waals surface area contributed by atoms with E-state index in [4.69, 9.17) is 11.6 Å². The summed E-state index contributed by atoms with van der Waals surface area (Å²) in [6, 6.07) is 16.2. The van der Waals surface area contributed by atoms with Crippen molar-refractivity contribution in [3.05, 3.63) is 98.9 Å². The van der Waals surface area contributed by atoms with Gasteiger partial charge in [-0.2, -0.15) is 0 Å². The fraction of sp³-hybridized carbons (Fsp3) is 0.276. The highest BCUT2D eigenvalue weighted by Gasteiger charge is 2.36. The van der Waals surface area contributed by atoms with E-state index in [2.05, 4.69) is 57.4 Å². The quantitative estimate of drug-likeness (QED) is 0.297. The highest BCUT2D eigenvalue weighted by atomic mass is 35.5. The number of hydrogen-bond acceptors (Lipinski definition) is 3. The Bertz CT molecular complexity index is 1480. The summed E-state index contributed by atoms with van der Waals surface area (Å²) in [6.07, 6.45) is 6.63. The van der Waals surface area contributed by atoms with Crippen LogP contribution in [0.4, 0.5) is 20.6 Å². The van der Waals surface area contributed by atoms with Crippen LogP contribution in [0.2, 0.25) is 5.02 Å². The first-order valence-corrected chi connectivity index (χ1v) is 13.7. The lowest BCUT2D eigenvalue weighted by atomic mass is 9.95. The Morgan fingerprint density at radius 3 is 2.62 bits per heavy atom. The molecular formula is C29H28ClFN4OS. The van der Waals surface area contributed by atoms with Gasteiger partial charge in [0.15, 0.2) is 0 Å². The monoisotopic (exact) mass is 534 g/mol. The van der Waals surface area contributed by atoms with E-state index in [9.17, 15) is 9.18 Å². The molecule has 2 aliphatic rings. The number of aromatic nitrogens is 1. The predicted octanol–water partition coefficient (Wildman–Crippen LogP) is 7.41. The van der Waals surface area contributed by atoms with Crippen LogP contribution in [-0.4, -0.2) is 29.6 Å². The first-order valence-electron chi connectivity index (χ1n) is 12.5. The van der Waals surface area contributed by atoms with Crippen molar-refractivity contribution in [1.29, 1.82) is 0 Å². The number of aryl methyl sites for hydroxylation is 1. The maximum atomic E-state index is 14.0. The molecule has 0 bridgehead atoms. The molecule has 0 saturated carbocycles. The number of rotatable bonds is 3. The molecule has 0 spiro atoms. The third-order valence-electron chi connectivity index (χ3n) is 7.34. The number of carbonyl (C=O) groups excluding carboxylic acids is 1. The summed E-state index contributed by atoms with van der Waals surface area (Å²) in [5.74, 6) is -0.513. The number of benzene rings is 2. The minimum atomic E-state index is -0.513. The second kappa shape index (κ2) is 9.54. The van der Waals surface area contributed by atoms with Crippen LogP contribution in [0.1, 0.15) is 46.1 Å². The van der Waals surface area contributed by atoms with E-state index in [0.717, 1.165) is 29.8 Å². The van der Waals surface area contributed by atoms with Gasteiger partial charge in [0.25, 0.3) is 0 Å². The zero-order chi connectivity index (χ0) is 25.7. The maximum absolute atomic E-state index is 14.0. The van der Waals surface area contributed by atoms with Crippen molar-refractivity contribution in [2.24, 2.45) is 0 Å². The van der Waals surface area contributed by atoms with Crippen molar-refractivity contribution in [2.75, 3.05) is 24.3 Å². The number of amides is 2. The van der Waals surface area contributed by atoms with Gasteiger partial charge in [0.1, 0.15) is 10.8 Å². The van der Waals surface area contributed by atoms with Gasteiger partial charge in [-0.15, -0.1) is 11.3 Å². The number of nitrogens with one attached hydrogen (secondary N) is 1. The SMILES string of the molecule is CN(C)c1ccc(C2c3cccn3-c3sc4c(c3CN2C(=O)Nc2ccc(F)c(Cl)c2)CCCC4)cc1. The number of nitrogens with zero attached hydrogens (tertiary/aromatic N) is 3. The third-order valence-corrected chi connectivity index (χ3v) is 8.96. The number of carbonyl (C=O) groups is 1. The molecule has 2 amide bonds. The highest BCUT2D eigenvalue weighted by Crippen LogP contribution is 2.44. The Balaban J connectivity index is 1.47. The van der Waals surface area contributed by atoms with Crippen LogP contribution in [-0.2, 0) is 19.4 Å². The molecule has 3 heterocycles. The van der Waals surface area contributed by atoms with Gasteiger partial charge in [-0.1, -0.05) is 23.7 Å². The molecule has 1 N–H and O–H groups in total. The first-order chi connectivity index (χ1) is 17.9. The highest BCUT2D eigenvalue weighted by molar-refractivity contribution is 7.15. The molecule has 4 aromatic rings. The molecule has 1 aliphatic carbocycles. The Morgan fingerprint density at radius 2 is 1.86 bits per heavy atom. The Morgan fingerprint density at radius 1 is 1.08 bits per heavy atom. The summed E-state index contributed by atoms with van der Waals surface area (Å²) >= 11 is 7.87. The molecular weight excluding hydrogens is 507 g/mol. The Labute approximate surface area is 225 Å². The molecule has 2 aromatic carbocycles. The lowest BCUT2D eigenvalue weighted by molar-refractivity contribution is 0.194. The number of halogens is 2. The van der Waals surface area contributed by atoms with Crippen LogP contribution in [0.15, 0.2) is 60.8 Å². The number of thiophene rings is 1. The average Bonchev–Trinajstić information content (AvgIpc) is 3.48. The fourth-order valence-electron chi connectivity index (χ4n) is 5.46. The molecule has 37 heavy (non-hydrogen) atoms. The van der Waals surface area contributed by atoms with Crippen LogP contribution in [0.3, 0.4) is 0 Å². The van der Waals surface area contributed by atoms with Crippen molar-refractivity contribution >= 4 is 40.3 Å². The normalized spacial score (nSPS) is 16.4. The molecule has 5 nitrogen and oxygen atoms in total. The lowest BCUT2D eigenvalue weighted by Gasteiger charge is -2.31. The van der Waals surface area contributed by atoms with E-state index < -0.39 is 5.82 Å². The fourth-order valence-corrected chi connectivity index (χ4v) is 7.05. The maximum Gasteiger partial charge on any atom is 0.322 e. The Kier molecular flexibility index (Phi) is 6.21. The summed E-state index contributed by atoms with van der Waals surface area (Å²) < 4.78 is 16.0. The summed E-state index contributed by atoms with van der Waals surface area (Å²) in [5, 5.41) is 4.17. The Hall–Kier alpha value is -3.29. The second-order valence-electron chi connectivity index (χ2n) is 9.87. The molecule has 6 rings (SSSR count). The zero-order valence-corrected chi connectivity index (χ0v) is 22.4. The van der Waals surface area contributed by atoms with E-state index >= 15 is 0 Å². The van der Waals surface area contributed by atoms with Gasteiger partial charge in [0.05, 0.1) is 23.3 Å². The molecule has 8 heteroatoms. The minimum absolute atomic E-state index is 0.0208. The number of hydrogen-bond donors (Lipinski definition) is 1. The average molecular weight is 535 g/mol. The van der Waals surface area contributed by atoms with Gasteiger partial charge in [-0.3, -0.25) is 0 Å². The topological polar surface area (TPSA) is 40.5 Å². The molecule has 1 atom stereocenters.